The molecule has 0 radical (unpaired) electrons. The summed E-state index contributed by atoms with van der Waals surface area (Å²) in [5.41, 5.74) is 0.358. The molecule has 14 heteroatoms. The summed E-state index contributed by atoms with van der Waals surface area (Å²) in [4.78, 5) is 13.2. The second-order valence-corrected chi connectivity index (χ2v) is 15.4. The highest BCUT2D eigenvalue weighted by Gasteiger charge is 2.42. The van der Waals surface area contributed by atoms with Crippen LogP contribution in [0, 0.1) is 0 Å². The van der Waals surface area contributed by atoms with Crippen molar-refractivity contribution in [1.82, 2.24) is 9.34 Å². The fraction of sp³-hybridized carbons (Fsp3) is 0.480. The molecule has 10 nitrogen and oxygen atoms in total. The van der Waals surface area contributed by atoms with E-state index in [1.54, 1.807) is 18.2 Å². The zero-order chi connectivity index (χ0) is 28.5. The Kier molecular flexibility index (Phi) is 9.30. The van der Waals surface area contributed by atoms with E-state index in [4.69, 9.17) is 46.4 Å². The number of fused-ring (bicyclic) bond motifs is 2. The number of phenols is 1. The summed E-state index contributed by atoms with van der Waals surface area (Å²) in [5.74, 6) is 0.125. The third-order valence-corrected chi connectivity index (χ3v) is 13.3. The molecule has 0 bridgehead atoms. The van der Waals surface area contributed by atoms with Gasteiger partial charge in [0.15, 0.2) is 23.7 Å². The van der Waals surface area contributed by atoms with E-state index in [1.165, 1.54) is 12.1 Å². The molecule has 2 aliphatic heterocycles. The van der Waals surface area contributed by atoms with Crippen LogP contribution in [0.25, 0.3) is 0 Å². The monoisotopic (exact) mass is 616 g/mol. The van der Waals surface area contributed by atoms with Gasteiger partial charge < -0.3 is 33.0 Å². The van der Waals surface area contributed by atoms with Gasteiger partial charge in [-0.25, -0.2) is 9.34 Å². The van der Waals surface area contributed by atoms with Crippen molar-refractivity contribution < 1.29 is 37.8 Å². The third kappa shape index (κ3) is 5.72. The summed E-state index contributed by atoms with van der Waals surface area (Å²) in [6.45, 7) is 6.96. The summed E-state index contributed by atoms with van der Waals surface area (Å²) in [5, 5.41) is 21.6. The molecule has 0 amide bonds. The number of Topliss-reactive ketones (excluding diaryl/α,β-unsaturated/α-hetero) is 1. The van der Waals surface area contributed by atoms with E-state index in [9.17, 15) is 15.0 Å². The van der Waals surface area contributed by atoms with Crippen LogP contribution >= 0.6 is 13.3 Å². The largest absolute Gasteiger partial charge is 0.507 e. The lowest BCUT2D eigenvalue weighted by atomic mass is 9.92. The predicted octanol–water partition coefficient (Wildman–Crippen LogP) is 5.39. The van der Waals surface area contributed by atoms with E-state index in [-0.39, 0.29) is 22.8 Å². The number of rotatable bonds is 11. The number of phenolic OH excluding ortho intramolecular Hbond substituents is 1. The molecule has 39 heavy (non-hydrogen) atoms. The molecule has 0 saturated carbocycles. The van der Waals surface area contributed by atoms with Crippen molar-refractivity contribution in [3.63, 3.8) is 0 Å². The second-order valence-electron chi connectivity index (χ2n) is 8.78. The Hall–Kier alpha value is -1.75. The molecule has 2 N–H and O–H groups in total. The van der Waals surface area contributed by atoms with Crippen LogP contribution in [0.5, 0.6) is 28.7 Å². The first-order valence-electron chi connectivity index (χ1n) is 12.9. The summed E-state index contributed by atoms with van der Waals surface area (Å²) in [6, 6.07) is 7.82. The van der Waals surface area contributed by atoms with E-state index in [0.717, 1.165) is 0 Å². The average molecular weight is 617 g/mol. The minimum atomic E-state index is -2.92. The van der Waals surface area contributed by atoms with Gasteiger partial charge in [-0.3, -0.25) is 4.79 Å². The van der Waals surface area contributed by atoms with Crippen molar-refractivity contribution in [3.05, 3.63) is 41.5 Å². The van der Waals surface area contributed by atoms with Crippen molar-refractivity contribution >= 4 is 42.7 Å². The third-order valence-electron chi connectivity index (χ3n) is 6.50. The molecule has 2 heterocycles. The minimum absolute atomic E-state index is 0.0637. The number of hydrogen-bond donors (Lipinski definition) is 2. The van der Waals surface area contributed by atoms with Gasteiger partial charge in [-0.05, 0) is 36.4 Å². The first kappa shape index (κ1) is 30.2. The van der Waals surface area contributed by atoms with Crippen LogP contribution in [0.15, 0.2) is 30.3 Å². The van der Waals surface area contributed by atoms with Crippen molar-refractivity contribution in [2.45, 2.75) is 46.8 Å². The van der Waals surface area contributed by atoms with E-state index in [0.29, 0.717) is 49.8 Å². The number of benzene rings is 2. The summed E-state index contributed by atoms with van der Waals surface area (Å²) in [7, 11) is 0. The number of nitrogens with zero attached hydrogens (tertiary/aromatic N) is 2. The van der Waals surface area contributed by atoms with Gasteiger partial charge in [0.25, 0.3) is 0 Å². The van der Waals surface area contributed by atoms with E-state index in [2.05, 4.69) is 0 Å². The molecule has 2 aliphatic rings. The highest BCUT2D eigenvalue weighted by atomic mass is 32.5. The van der Waals surface area contributed by atoms with E-state index < -0.39 is 31.3 Å². The van der Waals surface area contributed by atoms with Gasteiger partial charge in [-0.2, -0.15) is 0 Å². The van der Waals surface area contributed by atoms with Gasteiger partial charge in [0.05, 0.1) is 6.61 Å². The zero-order valence-electron chi connectivity index (χ0n) is 22.5. The molecular weight excluding hydrogens is 582 g/mol. The summed E-state index contributed by atoms with van der Waals surface area (Å²) in [6.07, 6.45) is -2.63. The maximum Gasteiger partial charge on any atom is 0.368 e. The van der Waals surface area contributed by atoms with Gasteiger partial charge in [-0.15, -0.1) is 0 Å². The molecule has 0 aromatic heterocycles. The highest BCUT2D eigenvalue weighted by Crippen LogP contribution is 2.61. The number of carbonyl (C=O) groups is 1. The lowest BCUT2D eigenvalue weighted by Crippen LogP contribution is -2.36. The fourth-order valence-corrected chi connectivity index (χ4v) is 10.5. The standard InChI is InChI=1S/C25H34N2O8P2S2/c1-6-26(7-2)36(38,31-10-5)33-17-14-18(28)22-21(15-17)32-25(24(30)23(22)29)16-11-12-19-20(13-16)35-37(39,34-19)27(8-3)9-4/h11-15,24-25,28,30H,6-10H2,1-5H3. The van der Waals surface area contributed by atoms with Crippen LogP contribution in [-0.2, 0) is 28.1 Å². The lowest BCUT2D eigenvalue weighted by Gasteiger charge is -2.33. The molecule has 0 aliphatic carbocycles. The first-order chi connectivity index (χ1) is 18.5. The lowest BCUT2D eigenvalue weighted by molar-refractivity contribution is 0.0210. The Morgan fingerprint density at radius 2 is 1.67 bits per heavy atom. The van der Waals surface area contributed by atoms with Crippen molar-refractivity contribution in [2.75, 3.05) is 32.8 Å². The average Bonchev–Trinajstić information content (AvgIpc) is 3.23. The Morgan fingerprint density at radius 3 is 2.28 bits per heavy atom. The van der Waals surface area contributed by atoms with Crippen molar-refractivity contribution in [3.8, 4) is 28.7 Å². The van der Waals surface area contributed by atoms with Crippen LogP contribution < -0.4 is 18.3 Å². The predicted molar refractivity (Wildman–Crippen MR) is 156 cm³/mol. The van der Waals surface area contributed by atoms with E-state index in [1.807, 2.05) is 44.0 Å². The quantitative estimate of drug-likeness (QED) is 0.316. The Bertz CT molecular complexity index is 1340. The maximum absolute atomic E-state index is 13.2. The number of aliphatic hydroxyl groups excluding tert-OH is 1. The van der Waals surface area contributed by atoms with Crippen LogP contribution in [-0.4, -0.2) is 64.2 Å². The Labute approximate surface area is 239 Å². The van der Waals surface area contributed by atoms with Gasteiger partial charge in [0.1, 0.15) is 22.8 Å². The molecule has 2 aromatic rings. The molecule has 0 spiro atoms. The molecule has 2 aromatic carbocycles. The summed E-state index contributed by atoms with van der Waals surface area (Å²) < 4.78 is 34.0. The second kappa shape index (κ2) is 12.0. The number of hydrogen-bond acceptors (Lipinski definition) is 10. The molecular formula is C25H34N2O8P2S2. The SMILES string of the molecule is CCOP(=S)(Oc1cc(O)c2c(c1)OC(c1ccc3c(c1)OP(=S)(N(CC)CC)O3)C(O)C2=O)N(CC)CC. The number of ketones is 1. The zero-order valence-corrected chi connectivity index (χ0v) is 25.9. The number of aromatic hydroxyl groups is 1. The number of aliphatic hydroxyl groups is 1. The minimum Gasteiger partial charge on any atom is -0.507 e. The topological polar surface area (TPSA) is 110 Å². The smallest absolute Gasteiger partial charge is 0.368 e. The molecule has 0 fully saturated rings. The number of ether oxygens (including phenoxy) is 1. The number of carbonyl (C=O) groups excluding carboxylic acids is 1. The maximum atomic E-state index is 13.2. The first-order valence-corrected chi connectivity index (χ1v) is 18.1. The van der Waals surface area contributed by atoms with Crippen LogP contribution in [0.1, 0.15) is 56.6 Å². The molecule has 214 valence electrons. The van der Waals surface area contributed by atoms with Gasteiger partial charge >= 0.3 is 13.3 Å². The normalized spacial score (nSPS) is 23.4. The van der Waals surface area contributed by atoms with Crippen LogP contribution in [0.2, 0.25) is 0 Å². The Balaban J connectivity index is 1.66. The molecule has 4 rings (SSSR count). The van der Waals surface area contributed by atoms with Gasteiger partial charge in [-0.1, -0.05) is 33.8 Å². The molecule has 4 unspecified atom stereocenters. The van der Waals surface area contributed by atoms with Crippen molar-refractivity contribution in [2.24, 2.45) is 0 Å². The van der Waals surface area contributed by atoms with Gasteiger partial charge in [0.2, 0.25) is 5.78 Å². The Morgan fingerprint density at radius 1 is 1.00 bits per heavy atom. The van der Waals surface area contributed by atoms with Crippen LogP contribution in [0.3, 0.4) is 0 Å². The van der Waals surface area contributed by atoms with Crippen LogP contribution in [0.4, 0.5) is 0 Å². The van der Waals surface area contributed by atoms with Crippen molar-refractivity contribution in [1.29, 1.82) is 0 Å². The molecule has 0 saturated heterocycles. The fourth-order valence-electron chi connectivity index (χ4n) is 4.54. The van der Waals surface area contributed by atoms with E-state index >= 15 is 0 Å². The highest BCUT2D eigenvalue weighted by molar-refractivity contribution is 8.09. The van der Waals surface area contributed by atoms with Gasteiger partial charge in [0, 0.05) is 50.1 Å². The molecule has 4 atom stereocenters. The summed E-state index contributed by atoms with van der Waals surface area (Å²) >= 11 is 11.5.